The molecule has 0 spiro atoms. The Bertz CT molecular complexity index is 297. The van der Waals surface area contributed by atoms with E-state index < -0.39 is 18.6 Å². The van der Waals surface area contributed by atoms with Crippen LogP contribution < -0.4 is 5.73 Å². The molecule has 1 heterocycles. The van der Waals surface area contributed by atoms with E-state index in [1.165, 1.54) is 0 Å². The van der Waals surface area contributed by atoms with Gasteiger partial charge in [-0.15, -0.1) is 0 Å². The zero-order valence-electron chi connectivity index (χ0n) is 7.98. The maximum Gasteiger partial charge on any atom is 0.391 e. The van der Waals surface area contributed by atoms with Crippen LogP contribution in [0.15, 0.2) is 10.5 Å². The zero-order chi connectivity index (χ0) is 10.9. The normalized spacial score (nSPS) is 14.4. The van der Waals surface area contributed by atoms with E-state index in [1.54, 1.807) is 19.9 Å². The van der Waals surface area contributed by atoms with Crippen molar-refractivity contribution in [3.05, 3.63) is 23.2 Å². The molecular formula is C9H12F3NO. The van der Waals surface area contributed by atoms with E-state index in [1.807, 2.05) is 0 Å². The van der Waals surface area contributed by atoms with Gasteiger partial charge in [-0.1, -0.05) is 0 Å². The van der Waals surface area contributed by atoms with Crippen LogP contribution in [0.4, 0.5) is 13.2 Å². The van der Waals surface area contributed by atoms with Crippen molar-refractivity contribution in [2.45, 2.75) is 32.5 Å². The Balaban J connectivity index is 2.75. The summed E-state index contributed by atoms with van der Waals surface area (Å²) in [5, 5.41) is 0. The van der Waals surface area contributed by atoms with Gasteiger partial charge in [-0.25, -0.2) is 0 Å². The SMILES string of the molecule is Cc1cc(C(N)CC(F)(F)F)oc1C. The van der Waals surface area contributed by atoms with Gasteiger partial charge in [0.05, 0.1) is 12.5 Å². The monoisotopic (exact) mass is 207 g/mol. The number of aryl methyl sites for hydroxylation is 2. The molecule has 1 unspecified atom stereocenters. The second-order valence-corrected chi connectivity index (χ2v) is 3.31. The lowest BCUT2D eigenvalue weighted by Gasteiger charge is -2.11. The first kappa shape index (κ1) is 11.1. The van der Waals surface area contributed by atoms with Crippen LogP contribution in [0.5, 0.6) is 0 Å². The third kappa shape index (κ3) is 2.77. The molecular weight excluding hydrogens is 195 g/mol. The minimum Gasteiger partial charge on any atom is -0.464 e. The van der Waals surface area contributed by atoms with Gasteiger partial charge in [0, 0.05) is 0 Å². The Morgan fingerprint density at radius 3 is 2.36 bits per heavy atom. The fraction of sp³-hybridized carbons (Fsp3) is 0.556. The molecule has 1 aromatic rings. The van der Waals surface area contributed by atoms with Gasteiger partial charge < -0.3 is 10.2 Å². The largest absolute Gasteiger partial charge is 0.464 e. The maximum atomic E-state index is 12.0. The Hall–Kier alpha value is -0.970. The molecule has 1 rings (SSSR count). The minimum atomic E-state index is -4.26. The third-order valence-corrected chi connectivity index (χ3v) is 2.00. The number of nitrogens with two attached hydrogens (primary N) is 1. The molecule has 0 radical (unpaired) electrons. The van der Waals surface area contributed by atoms with E-state index in [9.17, 15) is 13.2 Å². The van der Waals surface area contributed by atoms with E-state index in [0.29, 0.717) is 5.76 Å². The summed E-state index contributed by atoms with van der Waals surface area (Å²) >= 11 is 0. The minimum absolute atomic E-state index is 0.192. The van der Waals surface area contributed by atoms with Gasteiger partial charge in [0.25, 0.3) is 0 Å². The van der Waals surface area contributed by atoms with Gasteiger partial charge >= 0.3 is 6.18 Å². The van der Waals surface area contributed by atoms with E-state index in [4.69, 9.17) is 10.2 Å². The Kier molecular flexibility index (Phi) is 2.89. The third-order valence-electron chi connectivity index (χ3n) is 2.00. The molecule has 0 aromatic carbocycles. The first-order chi connectivity index (χ1) is 6.29. The van der Waals surface area contributed by atoms with Crippen molar-refractivity contribution in [3.63, 3.8) is 0 Å². The highest BCUT2D eigenvalue weighted by Gasteiger charge is 2.32. The summed E-state index contributed by atoms with van der Waals surface area (Å²) in [6, 6.07) is 0.438. The van der Waals surface area contributed by atoms with Gasteiger partial charge in [0.15, 0.2) is 0 Å². The quantitative estimate of drug-likeness (QED) is 0.809. The van der Waals surface area contributed by atoms with Crippen molar-refractivity contribution in [2.24, 2.45) is 5.73 Å². The first-order valence-electron chi connectivity index (χ1n) is 4.19. The summed E-state index contributed by atoms with van der Waals surface area (Å²) in [4.78, 5) is 0. The molecule has 80 valence electrons. The van der Waals surface area contributed by atoms with Crippen LogP contribution in [-0.2, 0) is 0 Å². The summed E-state index contributed by atoms with van der Waals surface area (Å²) < 4.78 is 41.0. The second kappa shape index (κ2) is 3.65. The fourth-order valence-corrected chi connectivity index (χ4v) is 1.13. The second-order valence-electron chi connectivity index (χ2n) is 3.31. The molecule has 0 saturated carbocycles. The maximum absolute atomic E-state index is 12.0. The number of furan rings is 1. The molecule has 14 heavy (non-hydrogen) atoms. The molecule has 1 atom stereocenters. The highest BCUT2D eigenvalue weighted by Crippen LogP contribution is 2.29. The van der Waals surface area contributed by atoms with Crippen molar-refractivity contribution in [2.75, 3.05) is 0 Å². The number of hydrogen-bond donors (Lipinski definition) is 1. The van der Waals surface area contributed by atoms with Crippen LogP contribution in [0.25, 0.3) is 0 Å². The summed E-state index contributed by atoms with van der Waals surface area (Å²) in [6.07, 6.45) is -5.31. The van der Waals surface area contributed by atoms with Gasteiger partial charge in [-0.3, -0.25) is 0 Å². The van der Waals surface area contributed by atoms with Crippen LogP contribution in [0.1, 0.15) is 29.5 Å². The standard InChI is InChI=1S/C9H12F3NO/c1-5-3-8(14-6(5)2)7(13)4-9(10,11)12/h3,7H,4,13H2,1-2H3. The van der Waals surface area contributed by atoms with Gasteiger partial charge in [-0.2, -0.15) is 13.2 Å². The van der Waals surface area contributed by atoms with Crippen molar-refractivity contribution in [1.82, 2.24) is 0 Å². The summed E-state index contributed by atoms with van der Waals surface area (Å²) in [5.41, 5.74) is 6.17. The predicted molar refractivity (Wildman–Crippen MR) is 45.8 cm³/mol. The highest BCUT2D eigenvalue weighted by molar-refractivity contribution is 5.20. The van der Waals surface area contributed by atoms with Crippen LogP contribution in [0.3, 0.4) is 0 Å². The molecule has 0 fully saturated rings. The first-order valence-corrected chi connectivity index (χ1v) is 4.19. The average Bonchev–Trinajstić information content (AvgIpc) is 2.28. The average molecular weight is 207 g/mol. The fourth-order valence-electron chi connectivity index (χ4n) is 1.13. The lowest BCUT2D eigenvalue weighted by atomic mass is 10.1. The van der Waals surface area contributed by atoms with E-state index in [0.717, 1.165) is 5.56 Å². The van der Waals surface area contributed by atoms with Crippen molar-refractivity contribution < 1.29 is 17.6 Å². The smallest absolute Gasteiger partial charge is 0.391 e. The van der Waals surface area contributed by atoms with Gasteiger partial charge in [0.1, 0.15) is 11.5 Å². The van der Waals surface area contributed by atoms with Crippen LogP contribution in [0.2, 0.25) is 0 Å². The molecule has 0 aliphatic heterocycles. The summed E-state index contributed by atoms with van der Waals surface area (Å²) in [5.74, 6) is 0.801. The number of halogens is 3. The summed E-state index contributed by atoms with van der Waals surface area (Å²) in [6.45, 7) is 3.46. The zero-order valence-corrected chi connectivity index (χ0v) is 7.98. The van der Waals surface area contributed by atoms with Crippen molar-refractivity contribution in [1.29, 1.82) is 0 Å². The highest BCUT2D eigenvalue weighted by atomic mass is 19.4. The molecule has 0 amide bonds. The summed E-state index contributed by atoms with van der Waals surface area (Å²) in [7, 11) is 0. The molecule has 0 bridgehead atoms. The Morgan fingerprint density at radius 1 is 1.43 bits per heavy atom. The Labute approximate surface area is 79.9 Å². The molecule has 0 saturated heterocycles. The topological polar surface area (TPSA) is 39.2 Å². The van der Waals surface area contributed by atoms with E-state index >= 15 is 0 Å². The van der Waals surface area contributed by atoms with Gasteiger partial charge in [-0.05, 0) is 25.5 Å². The molecule has 0 aliphatic carbocycles. The number of alkyl halides is 3. The molecule has 2 N–H and O–H groups in total. The van der Waals surface area contributed by atoms with E-state index in [2.05, 4.69) is 0 Å². The molecule has 5 heteroatoms. The van der Waals surface area contributed by atoms with Crippen molar-refractivity contribution in [3.8, 4) is 0 Å². The number of hydrogen-bond acceptors (Lipinski definition) is 2. The van der Waals surface area contributed by atoms with Gasteiger partial charge in [0.2, 0.25) is 0 Å². The molecule has 2 nitrogen and oxygen atoms in total. The van der Waals surface area contributed by atoms with Crippen LogP contribution in [0, 0.1) is 13.8 Å². The molecule has 1 aromatic heterocycles. The predicted octanol–water partition coefficient (Wildman–Crippen LogP) is 2.85. The van der Waals surface area contributed by atoms with Crippen molar-refractivity contribution >= 4 is 0 Å². The van der Waals surface area contributed by atoms with E-state index in [-0.39, 0.29) is 5.76 Å². The lowest BCUT2D eigenvalue weighted by Crippen LogP contribution is -2.19. The number of rotatable bonds is 2. The lowest BCUT2D eigenvalue weighted by molar-refractivity contribution is -0.139. The van der Waals surface area contributed by atoms with Crippen LogP contribution in [-0.4, -0.2) is 6.18 Å². The Morgan fingerprint density at radius 2 is 2.00 bits per heavy atom. The van der Waals surface area contributed by atoms with Crippen LogP contribution >= 0.6 is 0 Å². The molecule has 0 aliphatic rings.